The molecule has 7 heteroatoms. The van der Waals surface area contributed by atoms with E-state index >= 15 is 0 Å². The maximum Gasteiger partial charge on any atom is 0.191 e. The highest BCUT2D eigenvalue weighted by atomic mass is 32.2. The topological polar surface area (TPSA) is 73.8 Å². The van der Waals surface area contributed by atoms with Crippen LogP contribution in [-0.4, -0.2) is 69.5 Å². The van der Waals surface area contributed by atoms with Crippen molar-refractivity contribution in [2.45, 2.75) is 52.1 Å². The average molecular weight is 333 g/mol. The molecule has 22 heavy (non-hydrogen) atoms. The predicted molar refractivity (Wildman–Crippen MR) is 93.2 cm³/mol. The van der Waals surface area contributed by atoms with E-state index in [0.29, 0.717) is 6.42 Å². The molecule has 2 N–H and O–H groups in total. The Morgan fingerprint density at radius 2 is 2.05 bits per heavy atom. The van der Waals surface area contributed by atoms with Gasteiger partial charge in [0.05, 0.1) is 12.3 Å². The Balaban J connectivity index is 2.40. The molecule has 130 valence electrons. The first-order valence-corrected chi connectivity index (χ1v) is 10.4. The van der Waals surface area contributed by atoms with E-state index in [2.05, 4.69) is 27.4 Å². The lowest BCUT2D eigenvalue weighted by atomic mass is 10.3. The lowest BCUT2D eigenvalue weighted by molar-refractivity contribution is 0.286. The van der Waals surface area contributed by atoms with Crippen molar-refractivity contribution in [1.82, 2.24) is 15.5 Å². The van der Waals surface area contributed by atoms with E-state index in [1.54, 1.807) is 0 Å². The molecule has 0 saturated heterocycles. The monoisotopic (exact) mass is 332 g/mol. The molecule has 1 unspecified atom stereocenters. The average Bonchev–Trinajstić information content (AvgIpc) is 3.25. The van der Waals surface area contributed by atoms with E-state index in [1.165, 1.54) is 19.1 Å². The van der Waals surface area contributed by atoms with Crippen molar-refractivity contribution in [1.29, 1.82) is 0 Å². The summed E-state index contributed by atoms with van der Waals surface area (Å²) in [7, 11) is -2.91. The molecule has 1 rings (SSSR count). The number of hydrogen-bond donors (Lipinski definition) is 2. The Kier molecular flexibility index (Phi) is 8.17. The minimum atomic E-state index is -2.91. The van der Waals surface area contributed by atoms with Crippen LogP contribution in [0.1, 0.15) is 40.0 Å². The third-order valence-electron chi connectivity index (χ3n) is 3.78. The molecular formula is C15H32N4O2S. The van der Waals surface area contributed by atoms with E-state index in [4.69, 9.17) is 0 Å². The molecule has 1 saturated carbocycles. The third-order valence-corrected chi connectivity index (χ3v) is 4.75. The van der Waals surface area contributed by atoms with Gasteiger partial charge < -0.3 is 10.6 Å². The number of nitrogens with zero attached hydrogens (tertiary/aromatic N) is 2. The number of rotatable bonds is 10. The van der Waals surface area contributed by atoms with E-state index in [-0.39, 0.29) is 11.8 Å². The molecule has 0 amide bonds. The summed E-state index contributed by atoms with van der Waals surface area (Å²) in [6.45, 7) is 9.83. The molecule has 6 nitrogen and oxygen atoms in total. The van der Waals surface area contributed by atoms with Crippen LogP contribution in [0.15, 0.2) is 4.99 Å². The summed E-state index contributed by atoms with van der Waals surface area (Å²) in [5, 5.41) is 6.50. The first-order valence-electron chi connectivity index (χ1n) is 8.32. The van der Waals surface area contributed by atoms with Crippen LogP contribution in [-0.2, 0) is 9.84 Å². The maximum atomic E-state index is 11.2. The largest absolute Gasteiger partial charge is 0.357 e. The van der Waals surface area contributed by atoms with Gasteiger partial charge in [-0.05, 0) is 39.7 Å². The predicted octanol–water partition coefficient (Wildman–Crippen LogP) is 0.849. The number of guanidine groups is 1. The van der Waals surface area contributed by atoms with Gasteiger partial charge in [0.25, 0.3) is 0 Å². The van der Waals surface area contributed by atoms with Crippen molar-refractivity contribution in [2.24, 2.45) is 4.99 Å². The van der Waals surface area contributed by atoms with Crippen molar-refractivity contribution in [2.75, 3.05) is 38.2 Å². The number of nitrogens with one attached hydrogen (secondary N) is 2. The van der Waals surface area contributed by atoms with Crippen LogP contribution in [0.25, 0.3) is 0 Å². The molecule has 1 aliphatic carbocycles. The van der Waals surface area contributed by atoms with E-state index in [9.17, 15) is 8.42 Å². The molecule has 1 atom stereocenters. The van der Waals surface area contributed by atoms with Gasteiger partial charge in [-0.25, -0.2) is 8.42 Å². The van der Waals surface area contributed by atoms with Gasteiger partial charge in [0.1, 0.15) is 9.84 Å². The zero-order valence-electron chi connectivity index (χ0n) is 14.4. The van der Waals surface area contributed by atoms with Crippen LogP contribution in [0, 0.1) is 0 Å². The lowest BCUT2D eigenvalue weighted by Crippen LogP contribution is -2.43. The standard InChI is InChI=1S/C15H32N4O2S/c1-5-16-15(18-13(3)9-12-22(4,20)21)17-10-11-19(6-2)14-7-8-14/h13-14H,5-12H2,1-4H3,(H2,16,17,18). The van der Waals surface area contributed by atoms with Gasteiger partial charge >= 0.3 is 0 Å². The van der Waals surface area contributed by atoms with Crippen molar-refractivity contribution < 1.29 is 8.42 Å². The molecule has 0 aliphatic heterocycles. The summed E-state index contributed by atoms with van der Waals surface area (Å²) < 4.78 is 22.4. The van der Waals surface area contributed by atoms with E-state index in [1.807, 2.05) is 13.8 Å². The summed E-state index contributed by atoms with van der Waals surface area (Å²) in [4.78, 5) is 7.07. The quantitative estimate of drug-likeness (QED) is 0.458. The van der Waals surface area contributed by atoms with Gasteiger partial charge in [0, 0.05) is 31.4 Å². The molecular weight excluding hydrogens is 300 g/mol. The second-order valence-corrected chi connectivity index (χ2v) is 8.34. The molecule has 0 aromatic carbocycles. The fourth-order valence-corrected chi connectivity index (χ4v) is 3.13. The smallest absolute Gasteiger partial charge is 0.191 e. The SMILES string of the molecule is CCNC(=NCCN(CC)C1CC1)NC(C)CCS(C)(=O)=O. The summed E-state index contributed by atoms with van der Waals surface area (Å²) in [5.74, 6) is 0.974. The van der Waals surface area contributed by atoms with Crippen LogP contribution in [0.5, 0.6) is 0 Å². The highest BCUT2D eigenvalue weighted by Gasteiger charge is 2.27. The highest BCUT2D eigenvalue weighted by molar-refractivity contribution is 7.90. The lowest BCUT2D eigenvalue weighted by Gasteiger charge is -2.20. The van der Waals surface area contributed by atoms with Gasteiger partial charge in [-0.2, -0.15) is 0 Å². The normalized spacial score (nSPS) is 17.6. The molecule has 0 radical (unpaired) electrons. The van der Waals surface area contributed by atoms with E-state index < -0.39 is 9.84 Å². The summed E-state index contributed by atoms with van der Waals surface area (Å²) >= 11 is 0. The summed E-state index contributed by atoms with van der Waals surface area (Å²) in [5.41, 5.74) is 0. The van der Waals surface area contributed by atoms with Crippen LogP contribution in [0.4, 0.5) is 0 Å². The Morgan fingerprint density at radius 3 is 2.55 bits per heavy atom. The van der Waals surface area contributed by atoms with Gasteiger partial charge in [-0.15, -0.1) is 0 Å². The van der Waals surface area contributed by atoms with Crippen LogP contribution in [0.3, 0.4) is 0 Å². The second kappa shape index (κ2) is 9.35. The van der Waals surface area contributed by atoms with Gasteiger partial charge in [0.15, 0.2) is 5.96 Å². The van der Waals surface area contributed by atoms with E-state index in [0.717, 1.165) is 38.2 Å². The van der Waals surface area contributed by atoms with Crippen molar-refractivity contribution in [3.8, 4) is 0 Å². The molecule has 0 heterocycles. The zero-order chi connectivity index (χ0) is 16.6. The Labute approximate surface area is 135 Å². The Morgan fingerprint density at radius 1 is 1.36 bits per heavy atom. The van der Waals surface area contributed by atoms with Crippen LogP contribution in [0.2, 0.25) is 0 Å². The fourth-order valence-electron chi connectivity index (χ4n) is 2.35. The number of hydrogen-bond acceptors (Lipinski definition) is 4. The van der Waals surface area contributed by atoms with Crippen LogP contribution >= 0.6 is 0 Å². The van der Waals surface area contributed by atoms with Crippen molar-refractivity contribution >= 4 is 15.8 Å². The summed E-state index contributed by atoms with van der Waals surface area (Å²) in [6.07, 6.45) is 4.50. The molecule has 0 aromatic heterocycles. The number of likely N-dealkylation sites (N-methyl/N-ethyl adjacent to an activating group) is 1. The Hall–Kier alpha value is -0.820. The van der Waals surface area contributed by atoms with Gasteiger partial charge in [0.2, 0.25) is 0 Å². The molecule has 1 fully saturated rings. The van der Waals surface area contributed by atoms with Gasteiger partial charge in [-0.1, -0.05) is 6.92 Å². The minimum Gasteiger partial charge on any atom is -0.357 e. The van der Waals surface area contributed by atoms with Gasteiger partial charge in [-0.3, -0.25) is 9.89 Å². The van der Waals surface area contributed by atoms with Crippen LogP contribution < -0.4 is 10.6 Å². The first kappa shape index (κ1) is 19.2. The Bertz CT molecular complexity index is 446. The van der Waals surface area contributed by atoms with Crippen molar-refractivity contribution in [3.05, 3.63) is 0 Å². The highest BCUT2D eigenvalue weighted by Crippen LogP contribution is 2.25. The molecule has 0 spiro atoms. The third kappa shape index (κ3) is 8.58. The number of aliphatic imine (C=N–C) groups is 1. The second-order valence-electron chi connectivity index (χ2n) is 6.08. The van der Waals surface area contributed by atoms with Crippen molar-refractivity contribution in [3.63, 3.8) is 0 Å². The minimum absolute atomic E-state index is 0.0817. The molecule has 1 aliphatic rings. The molecule has 0 aromatic rings. The fraction of sp³-hybridized carbons (Fsp3) is 0.933. The number of sulfone groups is 1. The zero-order valence-corrected chi connectivity index (χ0v) is 15.2. The summed E-state index contributed by atoms with van der Waals surface area (Å²) in [6, 6.07) is 0.850. The maximum absolute atomic E-state index is 11.2. The molecule has 0 bridgehead atoms. The first-order chi connectivity index (χ1) is 10.4.